The van der Waals surface area contributed by atoms with Gasteiger partial charge >= 0.3 is 12.0 Å². The zero-order chi connectivity index (χ0) is 19.7. The molecule has 0 saturated carbocycles. The molecule has 3 rings (SSSR count). The van der Waals surface area contributed by atoms with Crippen molar-refractivity contribution in [3.8, 4) is 5.69 Å². The van der Waals surface area contributed by atoms with Crippen LogP contribution in [-0.4, -0.2) is 44.9 Å². The number of benzene rings is 1. The highest BCUT2D eigenvalue weighted by Crippen LogP contribution is 2.24. The summed E-state index contributed by atoms with van der Waals surface area (Å²) in [5.41, 5.74) is 2.21. The summed E-state index contributed by atoms with van der Waals surface area (Å²) in [6, 6.07) is 5.83. The standard InChI is InChI=1S/C19H23FN4O3/c1-11-6-14(18(25)26)10-23(9-11)19(27)21-15-4-5-17(16(20)8-15)24-13(3)7-12(2)22-24/h4-5,7-8,11,14H,6,9-10H2,1-3H3,(H,21,27)(H,25,26). The molecule has 2 aromatic rings. The molecule has 0 bridgehead atoms. The normalized spacial score (nSPS) is 19.8. The number of amides is 2. The molecule has 2 unspecified atom stereocenters. The van der Waals surface area contributed by atoms with E-state index in [0.29, 0.717) is 24.3 Å². The number of piperidine rings is 1. The Morgan fingerprint density at radius 1 is 1.26 bits per heavy atom. The Hall–Kier alpha value is -2.90. The van der Waals surface area contributed by atoms with Crippen LogP contribution >= 0.6 is 0 Å². The highest BCUT2D eigenvalue weighted by molar-refractivity contribution is 5.90. The van der Waals surface area contributed by atoms with Crippen LogP contribution in [0, 0.1) is 31.5 Å². The molecule has 2 heterocycles. The second kappa shape index (κ2) is 7.38. The van der Waals surface area contributed by atoms with Crippen LogP contribution < -0.4 is 5.32 Å². The van der Waals surface area contributed by atoms with E-state index in [1.807, 2.05) is 26.8 Å². The van der Waals surface area contributed by atoms with Crippen molar-refractivity contribution in [2.45, 2.75) is 27.2 Å². The van der Waals surface area contributed by atoms with Crippen LogP contribution in [0.15, 0.2) is 24.3 Å². The van der Waals surface area contributed by atoms with Crippen molar-refractivity contribution < 1.29 is 19.1 Å². The summed E-state index contributed by atoms with van der Waals surface area (Å²) in [6.07, 6.45) is 0.547. The first-order chi connectivity index (χ1) is 12.7. The Kier molecular flexibility index (Phi) is 5.16. The summed E-state index contributed by atoms with van der Waals surface area (Å²) in [7, 11) is 0. The lowest BCUT2D eigenvalue weighted by atomic mass is 9.91. The van der Waals surface area contributed by atoms with Gasteiger partial charge in [-0.05, 0) is 50.5 Å². The number of urea groups is 1. The highest BCUT2D eigenvalue weighted by atomic mass is 19.1. The van der Waals surface area contributed by atoms with Crippen LogP contribution in [0.3, 0.4) is 0 Å². The largest absolute Gasteiger partial charge is 0.481 e. The van der Waals surface area contributed by atoms with Gasteiger partial charge in [-0.3, -0.25) is 4.79 Å². The second-order valence-electron chi connectivity index (χ2n) is 7.22. The number of aryl methyl sites for hydroxylation is 2. The molecule has 0 radical (unpaired) electrons. The van der Waals surface area contributed by atoms with Crippen LogP contribution in [0.4, 0.5) is 14.9 Å². The van der Waals surface area contributed by atoms with Crippen LogP contribution in [0.1, 0.15) is 24.7 Å². The van der Waals surface area contributed by atoms with Gasteiger partial charge in [-0.1, -0.05) is 6.92 Å². The molecule has 1 aromatic heterocycles. The molecular formula is C19H23FN4O3. The van der Waals surface area contributed by atoms with Crippen molar-refractivity contribution in [3.63, 3.8) is 0 Å². The van der Waals surface area contributed by atoms with Crippen molar-refractivity contribution in [2.75, 3.05) is 18.4 Å². The molecule has 2 N–H and O–H groups in total. The lowest BCUT2D eigenvalue weighted by Gasteiger charge is -2.34. The highest BCUT2D eigenvalue weighted by Gasteiger charge is 2.32. The van der Waals surface area contributed by atoms with Gasteiger partial charge in [0.25, 0.3) is 0 Å². The third kappa shape index (κ3) is 4.10. The van der Waals surface area contributed by atoms with Gasteiger partial charge in [0.2, 0.25) is 0 Å². The van der Waals surface area contributed by atoms with E-state index >= 15 is 0 Å². The molecule has 1 aromatic carbocycles. The third-order valence-corrected chi connectivity index (χ3v) is 4.73. The molecule has 1 aliphatic heterocycles. The SMILES string of the molecule is Cc1cc(C)n(-c2ccc(NC(=O)N3CC(C)CC(C(=O)O)C3)cc2F)n1. The zero-order valence-corrected chi connectivity index (χ0v) is 15.6. The second-order valence-corrected chi connectivity index (χ2v) is 7.22. The number of aromatic nitrogens is 2. The van der Waals surface area contributed by atoms with Gasteiger partial charge in [-0.15, -0.1) is 0 Å². The maximum Gasteiger partial charge on any atom is 0.321 e. The Balaban J connectivity index is 1.74. The fraction of sp³-hybridized carbons (Fsp3) is 0.421. The predicted molar refractivity (Wildman–Crippen MR) is 98.5 cm³/mol. The molecule has 0 spiro atoms. The topological polar surface area (TPSA) is 87.5 Å². The van der Waals surface area contributed by atoms with E-state index in [0.717, 1.165) is 11.4 Å². The number of nitrogens with one attached hydrogen (secondary N) is 1. The van der Waals surface area contributed by atoms with Crippen molar-refractivity contribution in [1.29, 1.82) is 0 Å². The monoisotopic (exact) mass is 374 g/mol. The summed E-state index contributed by atoms with van der Waals surface area (Å²) >= 11 is 0. The van der Waals surface area contributed by atoms with E-state index < -0.39 is 23.7 Å². The fourth-order valence-corrected chi connectivity index (χ4v) is 3.53. The minimum Gasteiger partial charge on any atom is -0.481 e. The third-order valence-electron chi connectivity index (χ3n) is 4.73. The molecule has 2 amide bonds. The van der Waals surface area contributed by atoms with Gasteiger partial charge in [0.05, 0.1) is 11.6 Å². The van der Waals surface area contributed by atoms with Gasteiger partial charge in [-0.25, -0.2) is 13.9 Å². The molecule has 7 nitrogen and oxygen atoms in total. The summed E-state index contributed by atoms with van der Waals surface area (Å²) < 4.78 is 16.1. The molecule has 1 saturated heterocycles. The molecule has 8 heteroatoms. The first-order valence-corrected chi connectivity index (χ1v) is 8.86. The number of rotatable bonds is 3. The average Bonchev–Trinajstić information content (AvgIpc) is 2.92. The van der Waals surface area contributed by atoms with Crippen LogP contribution in [0.25, 0.3) is 5.69 Å². The van der Waals surface area contributed by atoms with Gasteiger partial charge in [0.1, 0.15) is 5.69 Å². The summed E-state index contributed by atoms with van der Waals surface area (Å²) in [4.78, 5) is 25.2. The number of carboxylic acids is 1. The first-order valence-electron chi connectivity index (χ1n) is 8.86. The number of nitrogens with zero attached hydrogens (tertiary/aromatic N) is 3. The lowest BCUT2D eigenvalue weighted by Crippen LogP contribution is -2.47. The minimum atomic E-state index is -0.903. The number of hydrogen-bond acceptors (Lipinski definition) is 3. The van der Waals surface area contributed by atoms with Gasteiger partial charge < -0.3 is 15.3 Å². The number of carbonyl (C=O) groups is 2. The van der Waals surface area contributed by atoms with Gasteiger partial charge in [0.15, 0.2) is 5.82 Å². The number of carbonyl (C=O) groups excluding carboxylic acids is 1. The molecule has 27 heavy (non-hydrogen) atoms. The molecule has 144 valence electrons. The van der Waals surface area contributed by atoms with E-state index in [1.165, 1.54) is 15.6 Å². The van der Waals surface area contributed by atoms with E-state index in [9.17, 15) is 19.1 Å². The zero-order valence-electron chi connectivity index (χ0n) is 15.6. The average molecular weight is 374 g/mol. The van der Waals surface area contributed by atoms with E-state index in [2.05, 4.69) is 10.4 Å². The predicted octanol–water partition coefficient (Wildman–Crippen LogP) is 3.20. The smallest absolute Gasteiger partial charge is 0.321 e. The van der Waals surface area contributed by atoms with E-state index in [1.54, 1.807) is 12.1 Å². The number of likely N-dealkylation sites (tertiary alicyclic amines) is 1. The molecule has 2 atom stereocenters. The Bertz CT molecular complexity index is 880. The van der Waals surface area contributed by atoms with Crippen LogP contribution in [0.5, 0.6) is 0 Å². The summed E-state index contributed by atoms with van der Waals surface area (Å²) in [6.45, 7) is 6.21. The molecule has 1 fully saturated rings. The van der Waals surface area contributed by atoms with Crippen molar-refractivity contribution in [3.05, 3.63) is 41.5 Å². The number of halogens is 1. The van der Waals surface area contributed by atoms with Crippen molar-refractivity contribution in [1.82, 2.24) is 14.7 Å². The number of anilines is 1. The van der Waals surface area contributed by atoms with Gasteiger partial charge in [-0.2, -0.15) is 5.10 Å². The Morgan fingerprint density at radius 3 is 2.59 bits per heavy atom. The van der Waals surface area contributed by atoms with Crippen LogP contribution in [-0.2, 0) is 4.79 Å². The molecule has 1 aliphatic rings. The summed E-state index contributed by atoms with van der Waals surface area (Å²) in [5, 5.41) is 16.1. The minimum absolute atomic E-state index is 0.0933. The molecule has 0 aliphatic carbocycles. The lowest BCUT2D eigenvalue weighted by molar-refractivity contribution is -0.143. The quantitative estimate of drug-likeness (QED) is 0.864. The number of carboxylic acid groups (broad SMARTS) is 1. The summed E-state index contributed by atoms with van der Waals surface area (Å²) in [5.74, 6) is -1.89. The number of hydrogen-bond donors (Lipinski definition) is 2. The Labute approximate surface area is 156 Å². The first kappa shape index (κ1) is 18.9. The van der Waals surface area contributed by atoms with Crippen LogP contribution in [0.2, 0.25) is 0 Å². The maximum atomic E-state index is 14.5. The number of aliphatic carboxylic acids is 1. The van der Waals surface area contributed by atoms with Crippen molar-refractivity contribution >= 4 is 17.7 Å². The maximum absolute atomic E-state index is 14.5. The van der Waals surface area contributed by atoms with Crippen molar-refractivity contribution in [2.24, 2.45) is 11.8 Å². The van der Waals surface area contributed by atoms with E-state index in [-0.39, 0.29) is 12.5 Å². The van der Waals surface area contributed by atoms with E-state index in [4.69, 9.17) is 0 Å². The molecular weight excluding hydrogens is 351 g/mol. The fourth-order valence-electron chi connectivity index (χ4n) is 3.53. The van der Waals surface area contributed by atoms with Gasteiger partial charge in [0, 0.05) is 24.5 Å². The Morgan fingerprint density at radius 2 is 2.00 bits per heavy atom.